The molecule has 0 aromatic carbocycles. The van der Waals surface area contributed by atoms with Gasteiger partial charge in [-0.1, -0.05) is 25.7 Å². The van der Waals surface area contributed by atoms with E-state index in [-0.39, 0.29) is 30.0 Å². The molecule has 2 aliphatic heterocycles. The third-order valence-electron chi connectivity index (χ3n) is 7.12. The van der Waals surface area contributed by atoms with Crippen LogP contribution in [-0.2, 0) is 9.63 Å². The Balaban J connectivity index is 1.19. The van der Waals surface area contributed by atoms with Crippen LogP contribution in [0.4, 0.5) is 0 Å². The summed E-state index contributed by atoms with van der Waals surface area (Å²) in [5, 5.41) is 14.7. The Morgan fingerprint density at radius 2 is 2.00 bits per heavy atom. The number of rotatable bonds is 5. The van der Waals surface area contributed by atoms with Crippen molar-refractivity contribution in [2.45, 2.75) is 82.4 Å². The molecule has 4 rings (SSSR count). The summed E-state index contributed by atoms with van der Waals surface area (Å²) in [5.41, 5.74) is 6.42. The summed E-state index contributed by atoms with van der Waals surface area (Å²) >= 11 is 0. The van der Waals surface area contributed by atoms with Gasteiger partial charge in [-0.2, -0.15) is 10.7 Å². The summed E-state index contributed by atoms with van der Waals surface area (Å²) < 4.78 is 0. The summed E-state index contributed by atoms with van der Waals surface area (Å²) in [5.74, 6) is 1.38. The maximum Gasteiger partial charge on any atom is 0.239 e. The van der Waals surface area contributed by atoms with Gasteiger partial charge in [0.15, 0.2) is 0 Å². The Hall–Kier alpha value is -1.20. The molecule has 0 aromatic heterocycles. The molecule has 5 atom stereocenters. The molecular weight excluding hydrogens is 354 g/mol. The molecule has 0 spiro atoms. The topological polar surface area (TPSA) is 89.4 Å². The minimum Gasteiger partial charge on any atom is -0.349 e. The van der Waals surface area contributed by atoms with E-state index in [4.69, 9.17) is 4.84 Å². The smallest absolute Gasteiger partial charge is 0.239 e. The molecule has 2 saturated heterocycles. The summed E-state index contributed by atoms with van der Waals surface area (Å²) in [6, 6.07) is 2.29. The van der Waals surface area contributed by atoms with Crippen LogP contribution in [-0.4, -0.2) is 48.7 Å². The van der Waals surface area contributed by atoms with E-state index in [0.29, 0.717) is 12.3 Å². The van der Waals surface area contributed by atoms with Gasteiger partial charge in [0.2, 0.25) is 5.91 Å². The Bertz CT molecular complexity index is 574. The number of nitrogens with one attached hydrogen (secondary N) is 3. The normalized spacial score (nSPS) is 37.6. The van der Waals surface area contributed by atoms with Crippen LogP contribution in [0.15, 0.2) is 0 Å². The predicted octanol–water partition coefficient (Wildman–Crippen LogP) is 1.86. The van der Waals surface area contributed by atoms with Gasteiger partial charge < -0.3 is 5.32 Å². The first-order valence-electron chi connectivity index (χ1n) is 11.3. The monoisotopic (exact) mass is 389 g/mol. The highest BCUT2D eigenvalue weighted by molar-refractivity contribution is 5.82. The Kier molecular flexibility index (Phi) is 6.84. The third-order valence-corrected chi connectivity index (χ3v) is 7.12. The standard InChI is InChI=1S/C21H35N5O2/c22-11-16-7-4-8-17(9-16)20-10-19(25-28-20)21(27)24-18-12-23-26(14-18)13-15-5-2-1-3-6-15/h15-20,23,25H,1-10,12-14H2,(H,24,27). The third kappa shape index (κ3) is 5.04. The van der Waals surface area contributed by atoms with Crippen LogP contribution in [0.1, 0.15) is 64.2 Å². The minimum atomic E-state index is -0.278. The van der Waals surface area contributed by atoms with Crippen molar-refractivity contribution >= 4 is 5.91 Å². The van der Waals surface area contributed by atoms with Gasteiger partial charge in [-0.05, 0) is 43.9 Å². The molecule has 2 saturated carbocycles. The highest BCUT2D eigenvalue weighted by Crippen LogP contribution is 2.34. The van der Waals surface area contributed by atoms with Crippen LogP contribution in [0.2, 0.25) is 0 Å². The maximum atomic E-state index is 12.7. The number of hydroxylamine groups is 1. The molecule has 4 aliphatic rings. The van der Waals surface area contributed by atoms with Crippen molar-refractivity contribution in [3.05, 3.63) is 0 Å². The number of nitrogens with zero attached hydrogens (tertiary/aromatic N) is 2. The Morgan fingerprint density at radius 1 is 1.14 bits per heavy atom. The molecule has 156 valence electrons. The number of hydrazine groups is 1. The average Bonchev–Trinajstić information content (AvgIpc) is 3.39. The molecule has 7 heteroatoms. The fourth-order valence-electron chi connectivity index (χ4n) is 5.48. The summed E-state index contributed by atoms with van der Waals surface area (Å²) in [7, 11) is 0. The highest BCUT2D eigenvalue weighted by atomic mass is 16.7. The molecule has 1 amide bonds. The van der Waals surface area contributed by atoms with Crippen LogP contribution < -0.4 is 16.2 Å². The second kappa shape index (κ2) is 9.53. The van der Waals surface area contributed by atoms with Crippen LogP contribution >= 0.6 is 0 Å². The van der Waals surface area contributed by atoms with Gasteiger partial charge in [0.1, 0.15) is 6.04 Å². The quantitative estimate of drug-likeness (QED) is 0.665. The summed E-state index contributed by atoms with van der Waals surface area (Å²) in [6.07, 6.45) is 11.7. The molecule has 4 fully saturated rings. The minimum absolute atomic E-state index is 0.0430. The lowest BCUT2D eigenvalue weighted by molar-refractivity contribution is -0.125. The van der Waals surface area contributed by atoms with Gasteiger partial charge in [0.25, 0.3) is 0 Å². The zero-order valence-electron chi connectivity index (χ0n) is 16.9. The van der Waals surface area contributed by atoms with E-state index >= 15 is 0 Å². The number of amides is 1. The molecule has 5 unspecified atom stereocenters. The fourth-order valence-corrected chi connectivity index (χ4v) is 5.48. The molecule has 2 aliphatic carbocycles. The van der Waals surface area contributed by atoms with E-state index in [1.807, 2.05) is 0 Å². The molecule has 0 bridgehead atoms. The molecule has 28 heavy (non-hydrogen) atoms. The number of carbonyl (C=O) groups is 1. The van der Waals surface area contributed by atoms with Gasteiger partial charge in [-0.3, -0.25) is 15.1 Å². The molecule has 3 N–H and O–H groups in total. The molecule has 0 aromatic rings. The lowest BCUT2D eigenvalue weighted by Crippen LogP contribution is -2.47. The van der Waals surface area contributed by atoms with Crippen LogP contribution in [0.25, 0.3) is 0 Å². The number of hydrogen-bond donors (Lipinski definition) is 3. The molecule has 0 radical (unpaired) electrons. The van der Waals surface area contributed by atoms with Crippen LogP contribution in [0, 0.1) is 29.1 Å². The van der Waals surface area contributed by atoms with E-state index < -0.39 is 0 Å². The molecule has 2 heterocycles. The number of nitriles is 1. The van der Waals surface area contributed by atoms with E-state index in [2.05, 4.69) is 27.3 Å². The SMILES string of the molecule is N#CC1CCCC(C2CC(C(=O)NC3CNN(CC4CCCCC4)C3)NO2)C1. The van der Waals surface area contributed by atoms with Crippen molar-refractivity contribution in [3.63, 3.8) is 0 Å². The first-order valence-corrected chi connectivity index (χ1v) is 11.3. The first kappa shape index (κ1) is 20.1. The average molecular weight is 390 g/mol. The molecule has 7 nitrogen and oxygen atoms in total. The van der Waals surface area contributed by atoms with E-state index in [1.165, 1.54) is 32.1 Å². The van der Waals surface area contributed by atoms with E-state index in [0.717, 1.165) is 51.2 Å². The fraction of sp³-hybridized carbons (Fsp3) is 0.905. The lowest BCUT2D eigenvalue weighted by Gasteiger charge is -2.28. The maximum absolute atomic E-state index is 12.7. The lowest BCUT2D eigenvalue weighted by atomic mass is 9.78. The second-order valence-electron chi connectivity index (χ2n) is 9.29. The second-order valence-corrected chi connectivity index (χ2v) is 9.29. The summed E-state index contributed by atoms with van der Waals surface area (Å²) in [6.45, 7) is 2.79. The van der Waals surface area contributed by atoms with Crippen LogP contribution in [0.3, 0.4) is 0 Å². The first-order chi connectivity index (χ1) is 13.7. The van der Waals surface area contributed by atoms with E-state index in [1.54, 1.807) is 0 Å². The van der Waals surface area contributed by atoms with Crippen molar-refractivity contribution in [3.8, 4) is 6.07 Å². The van der Waals surface area contributed by atoms with Crippen LogP contribution in [0.5, 0.6) is 0 Å². The van der Waals surface area contributed by atoms with Crippen molar-refractivity contribution in [2.24, 2.45) is 17.8 Å². The van der Waals surface area contributed by atoms with Gasteiger partial charge in [-0.25, -0.2) is 5.01 Å². The number of hydrogen-bond acceptors (Lipinski definition) is 6. The van der Waals surface area contributed by atoms with Crippen molar-refractivity contribution in [1.82, 2.24) is 21.2 Å². The van der Waals surface area contributed by atoms with Gasteiger partial charge in [0.05, 0.1) is 18.2 Å². The largest absolute Gasteiger partial charge is 0.349 e. The Labute approximate surface area is 168 Å². The van der Waals surface area contributed by atoms with E-state index in [9.17, 15) is 10.1 Å². The van der Waals surface area contributed by atoms with Crippen molar-refractivity contribution in [1.29, 1.82) is 5.26 Å². The van der Waals surface area contributed by atoms with Crippen molar-refractivity contribution in [2.75, 3.05) is 19.6 Å². The van der Waals surface area contributed by atoms with Gasteiger partial charge >= 0.3 is 0 Å². The summed E-state index contributed by atoms with van der Waals surface area (Å²) in [4.78, 5) is 18.5. The predicted molar refractivity (Wildman–Crippen MR) is 106 cm³/mol. The van der Waals surface area contributed by atoms with Crippen molar-refractivity contribution < 1.29 is 9.63 Å². The van der Waals surface area contributed by atoms with Gasteiger partial charge in [-0.15, -0.1) is 0 Å². The highest BCUT2D eigenvalue weighted by Gasteiger charge is 2.38. The molecular formula is C21H35N5O2. The zero-order chi connectivity index (χ0) is 19.3. The van der Waals surface area contributed by atoms with Gasteiger partial charge in [0, 0.05) is 32.0 Å². The number of carbonyl (C=O) groups excluding carboxylic acids is 1. The Morgan fingerprint density at radius 3 is 2.82 bits per heavy atom. The zero-order valence-corrected chi connectivity index (χ0v) is 16.9.